The predicted molar refractivity (Wildman–Crippen MR) is 130 cm³/mol. The Labute approximate surface area is 177 Å². The highest BCUT2D eigenvalue weighted by molar-refractivity contribution is 7.26. The molecule has 0 amide bonds. The minimum atomic E-state index is 1.04. The summed E-state index contributed by atoms with van der Waals surface area (Å²) >= 11 is 3.86. The van der Waals surface area contributed by atoms with Crippen LogP contribution < -0.4 is 0 Å². The average molecular weight is 407 g/mol. The van der Waals surface area contributed by atoms with Crippen LogP contribution in [0.25, 0.3) is 51.5 Å². The Kier molecular flexibility index (Phi) is 3.05. The number of aryl methyl sites for hydroxylation is 2. The van der Waals surface area contributed by atoms with Crippen molar-refractivity contribution in [3.63, 3.8) is 0 Å². The van der Waals surface area contributed by atoms with Crippen LogP contribution in [-0.2, 0) is 6.42 Å². The molecule has 29 heavy (non-hydrogen) atoms. The van der Waals surface area contributed by atoms with E-state index in [2.05, 4.69) is 74.5 Å². The van der Waals surface area contributed by atoms with E-state index in [1.165, 1.54) is 73.7 Å². The van der Waals surface area contributed by atoms with Gasteiger partial charge in [-0.1, -0.05) is 24.3 Å². The van der Waals surface area contributed by atoms with E-state index in [9.17, 15) is 0 Å². The molecule has 2 aromatic heterocycles. The Bertz CT molecular complexity index is 1520. The standard InChI is InChI=1S/C27H18S2/c1-14-3-5-18-22-10-16-9-17-11-23-19-6-4-15(2)8-25(19)29-27(23)13-21(17)20(16)12-26(22)28-24(18)7-14/h3-8,10-13H,9H2,1-2H3. The molecule has 4 aromatic carbocycles. The summed E-state index contributed by atoms with van der Waals surface area (Å²) in [5, 5.41) is 5.63. The number of thiophene rings is 2. The second kappa shape index (κ2) is 5.47. The molecule has 2 heteroatoms. The van der Waals surface area contributed by atoms with Gasteiger partial charge in [-0.25, -0.2) is 0 Å². The normalized spacial score (nSPS) is 13.0. The Morgan fingerprint density at radius 2 is 0.966 bits per heavy atom. The molecule has 0 saturated heterocycles. The molecular formula is C27H18S2. The molecule has 6 aromatic rings. The molecule has 1 aliphatic carbocycles. The van der Waals surface area contributed by atoms with Gasteiger partial charge in [0.05, 0.1) is 0 Å². The van der Waals surface area contributed by atoms with Crippen LogP contribution in [0.5, 0.6) is 0 Å². The fraction of sp³-hybridized carbons (Fsp3) is 0.111. The first-order chi connectivity index (χ1) is 14.1. The molecule has 0 aliphatic heterocycles. The van der Waals surface area contributed by atoms with Crippen molar-refractivity contribution in [3.05, 3.63) is 82.9 Å². The first-order valence-corrected chi connectivity index (χ1v) is 11.7. The molecular weight excluding hydrogens is 388 g/mol. The minimum Gasteiger partial charge on any atom is -0.135 e. The summed E-state index contributed by atoms with van der Waals surface area (Å²) in [6.07, 6.45) is 1.04. The third-order valence-electron chi connectivity index (χ3n) is 6.38. The number of hydrogen-bond donors (Lipinski definition) is 0. The number of benzene rings is 4. The molecule has 1 aliphatic rings. The number of rotatable bonds is 0. The van der Waals surface area contributed by atoms with Crippen LogP contribution in [0.15, 0.2) is 60.7 Å². The Balaban J connectivity index is 1.50. The fourth-order valence-corrected chi connectivity index (χ4v) is 7.40. The van der Waals surface area contributed by atoms with Gasteiger partial charge in [0.2, 0.25) is 0 Å². The highest BCUT2D eigenvalue weighted by Crippen LogP contribution is 2.46. The highest BCUT2D eigenvalue weighted by Gasteiger charge is 2.22. The van der Waals surface area contributed by atoms with E-state index >= 15 is 0 Å². The van der Waals surface area contributed by atoms with E-state index in [-0.39, 0.29) is 0 Å². The van der Waals surface area contributed by atoms with Crippen LogP contribution in [0.1, 0.15) is 22.3 Å². The zero-order valence-electron chi connectivity index (χ0n) is 16.3. The smallest absolute Gasteiger partial charge is 0.0361 e. The van der Waals surface area contributed by atoms with Crippen molar-refractivity contribution in [1.82, 2.24) is 0 Å². The molecule has 0 atom stereocenters. The second-order valence-electron chi connectivity index (χ2n) is 8.39. The summed E-state index contributed by atoms with van der Waals surface area (Å²) in [7, 11) is 0. The van der Waals surface area contributed by atoms with Crippen LogP contribution in [-0.4, -0.2) is 0 Å². The molecule has 0 spiro atoms. The molecule has 138 valence electrons. The first kappa shape index (κ1) is 16.2. The van der Waals surface area contributed by atoms with E-state index in [1.807, 2.05) is 22.7 Å². The van der Waals surface area contributed by atoms with E-state index in [1.54, 1.807) is 0 Å². The molecule has 0 bridgehead atoms. The zero-order chi connectivity index (χ0) is 19.3. The van der Waals surface area contributed by atoms with Gasteiger partial charge in [-0.05, 0) is 90.0 Å². The molecule has 0 nitrogen and oxygen atoms in total. The van der Waals surface area contributed by atoms with Crippen molar-refractivity contribution in [2.24, 2.45) is 0 Å². The Morgan fingerprint density at radius 3 is 1.45 bits per heavy atom. The van der Waals surface area contributed by atoms with Gasteiger partial charge < -0.3 is 0 Å². The van der Waals surface area contributed by atoms with Gasteiger partial charge in [0, 0.05) is 40.3 Å². The van der Waals surface area contributed by atoms with E-state index in [4.69, 9.17) is 0 Å². The zero-order valence-corrected chi connectivity index (χ0v) is 17.9. The van der Waals surface area contributed by atoms with Crippen molar-refractivity contribution in [2.45, 2.75) is 20.3 Å². The lowest BCUT2D eigenvalue weighted by Crippen LogP contribution is -1.80. The van der Waals surface area contributed by atoms with Crippen LogP contribution in [0, 0.1) is 13.8 Å². The van der Waals surface area contributed by atoms with Crippen LogP contribution in [0.3, 0.4) is 0 Å². The molecule has 2 heterocycles. The lowest BCUT2D eigenvalue weighted by Gasteiger charge is -2.02. The van der Waals surface area contributed by atoms with Gasteiger partial charge in [0.25, 0.3) is 0 Å². The van der Waals surface area contributed by atoms with Crippen molar-refractivity contribution >= 4 is 63.0 Å². The van der Waals surface area contributed by atoms with E-state index < -0.39 is 0 Å². The van der Waals surface area contributed by atoms with Crippen LogP contribution >= 0.6 is 22.7 Å². The quantitative estimate of drug-likeness (QED) is 0.236. The third kappa shape index (κ3) is 2.19. The maximum Gasteiger partial charge on any atom is 0.0361 e. The predicted octanol–water partition coefficient (Wildman–Crippen LogP) is 8.61. The lowest BCUT2D eigenvalue weighted by molar-refractivity contribution is 1.28. The molecule has 7 rings (SSSR count). The fourth-order valence-electron chi connectivity index (χ4n) is 4.95. The van der Waals surface area contributed by atoms with Gasteiger partial charge in [-0.2, -0.15) is 0 Å². The van der Waals surface area contributed by atoms with Gasteiger partial charge in [0.1, 0.15) is 0 Å². The summed E-state index contributed by atoms with van der Waals surface area (Å²) in [6, 6.07) is 23.5. The summed E-state index contributed by atoms with van der Waals surface area (Å²) in [5.41, 5.74) is 8.50. The van der Waals surface area contributed by atoms with Crippen molar-refractivity contribution < 1.29 is 0 Å². The molecule has 0 N–H and O–H groups in total. The second-order valence-corrected chi connectivity index (χ2v) is 10.6. The maximum absolute atomic E-state index is 2.45. The molecule has 0 fully saturated rings. The van der Waals surface area contributed by atoms with Gasteiger partial charge in [-0.15, -0.1) is 22.7 Å². The Morgan fingerprint density at radius 1 is 0.517 bits per heavy atom. The number of fused-ring (bicyclic) bond motifs is 9. The Hall–Kier alpha value is -2.68. The largest absolute Gasteiger partial charge is 0.135 e. The third-order valence-corrected chi connectivity index (χ3v) is 8.61. The molecule has 0 unspecified atom stereocenters. The van der Waals surface area contributed by atoms with Crippen LogP contribution in [0.4, 0.5) is 0 Å². The summed E-state index contributed by atoms with van der Waals surface area (Å²) in [6.45, 7) is 4.36. The van der Waals surface area contributed by atoms with E-state index in [0.29, 0.717) is 0 Å². The molecule has 0 radical (unpaired) electrons. The minimum absolute atomic E-state index is 1.04. The van der Waals surface area contributed by atoms with Gasteiger partial charge in [-0.3, -0.25) is 0 Å². The van der Waals surface area contributed by atoms with Crippen LogP contribution in [0.2, 0.25) is 0 Å². The number of hydrogen-bond acceptors (Lipinski definition) is 2. The highest BCUT2D eigenvalue weighted by atomic mass is 32.1. The lowest BCUT2D eigenvalue weighted by atomic mass is 10.0. The van der Waals surface area contributed by atoms with E-state index in [0.717, 1.165) is 6.42 Å². The SMILES string of the molecule is Cc1ccc2c(c1)sc1cc3c(cc12)Cc1cc2c(cc1-3)sc1cc(C)ccc12. The summed E-state index contributed by atoms with van der Waals surface area (Å²) in [4.78, 5) is 0. The van der Waals surface area contributed by atoms with Crippen molar-refractivity contribution in [2.75, 3.05) is 0 Å². The summed E-state index contributed by atoms with van der Waals surface area (Å²) in [5.74, 6) is 0. The summed E-state index contributed by atoms with van der Waals surface area (Å²) < 4.78 is 5.62. The van der Waals surface area contributed by atoms with Gasteiger partial charge >= 0.3 is 0 Å². The first-order valence-electron chi connectivity index (χ1n) is 10.1. The monoisotopic (exact) mass is 406 g/mol. The van der Waals surface area contributed by atoms with Crippen molar-refractivity contribution in [1.29, 1.82) is 0 Å². The molecule has 0 saturated carbocycles. The average Bonchev–Trinajstić information content (AvgIpc) is 3.33. The maximum atomic E-state index is 2.45. The van der Waals surface area contributed by atoms with Crippen molar-refractivity contribution in [3.8, 4) is 11.1 Å². The topological polar surface area (TPSA) is 0 Å². The van der Waals surface area contributed by atoms with Gasteiger partial charge in [0.15, 0.2) is 0 Å².